The van der Waals surface area contributed by atoms with E-state index in [1.807, 2.05) is 24.4 Å². The van der Waals surface area contributed by atoms with E-state index in [0.29, 0.717) is 18.5 Å². The highest BCUT2D eigenvalue weighted by atomic mass is 16.1. The lowest BCUT2D eigenvalue weighted by molar-refractivity contribution is 0.0954. The molecule has 1 aromatic carbocycles. The number of aromatic nitrogens is 5. The molecule has 0 aliphatic heterocycles. The number of nitrogens with zero attached hydrogens (tertiary/aromatic N) is 4. The molecular formula is C14H14N6O. The van der Waals surface area contributed by atoms with Crippen molar-refractivity contribution < 1.29 is 4.79 Å². The Morgan fingerprint density at radius 1 is 1.29 bits per heavy atom. The molecular weight excluding hydrogens is 268 g/mol. The average Bonchev–Trinajstić information content (AvgIpc) is 3.21. The zero-order valence-corrected chi connectivity index (χ0v) is 11.2. The van der Waals surface area contributed by atoms with Gasteiger partial charge < -0.3 is 5.32 Å². The third-order valence-electron chi connectivity index (χ3n) is 3.01. The number of aromatic amines is 1. The van der Waals surface area contributed by atoms with Crippen molar-refractivity contribution in [3.8, 4) is 5.69 Å². The smallest absolute Gasteiger partial charge is 0.251 e. The van der Waals surface area contributed by atoms with Gasteiger partial charge in [0.1, 0.15) is 12.2 Å². The van der Waals surface area contributed by atoms with Gasteiger partial charge in [-0.05, 0) is 30.3 Å². The largest absolute Gasteiger partial charge is 0.352 e. The van der Waals surface area contributed by atoms with E-state index in [1.54, 1.807) is 23.0 Å². The highest BCUT2D eigenvalue weighted by molar-refractivity contribution is 5.94. The summed E-state index contributed by atoms with van der Waals surface area (Å²) in [5, 5.41) is 13.5. The molecule has 0 atom stereocenters. The van der Waals surface area contributed by atoms with Gasteiger partial charge in [-0.15, -0.1) is 0 Å². The van der Waals surface area contributed by atoms with Crippen molar-refractivity contribution in [2.24, 2.45) is 0 Å². The van der Waals surface area contributed by atoms with E-state index in [4.69, 9.17) is 0 Å². The van der Waals surface area contributed by atoms with E-state index in [2.05, 4.69) is 25.6 Å². The van der Waals surface area contributed by atoms with E-state index in [1.165, 1.54) is 6.33 Å². The maximum atomic E-state index is 12.0. The lowest BCUT2D eigenvalue weighted by Gasteiger charge is -2.05. The minimum absolute atomic E-state index is 0.110. The molecule has 0 radical (unpaired) electrons. The van der Waals surface area contributed by atoms with Crippen LogP contribution in [0.3, 0.4) is 0 Å². The van der Waals surface area contributed by atoms with E-state index in [-0.39, 0.29) is 5.91 Å². The Kier molecular flexibility index (Phi) is 3.72. The van der Waals surface area contributed by atoms with E-state index in [9.17, 15) is 4.79 Å². The van der Waals surface area contributed by atoms with Crippen LogP contribution < -0.4 is 5.32 Å². The van der Waals surface area contributed by atoms with Crippen LogP contribution in [-0.2, 0) is 6.42 Å². The van der Waals surface area contributed by atoms with Crippen LogP contribution in [0.1, 0.15) is 16.2 Å². The zero-order chi connectivity index (χ0) is 14.5. The fourth-order valence-corrected chi connectivity index (χ4v) is 1.93. The molecule has 2 N–H and O–H groups in total. The minimum atomic E-state index is -0.110. The summed E-state index contributed by atoms with van der Waals surface area (Å²) in [6.07, 6.45) is 5.64. The molecule has 7 nitrogen and oxygen atoms in total. The molecule has 106 valence electrons. The lowest BCUT2D eigenvalue weighted by Crippen LogP contribution is -2.25. The third-order valence-corrected chi connectivity index (χ3v) is 3.01. The molecule has 0 aliphatic rings. The predicted octanol–water partition coefficient (Wildman–Crippen LogP) is 0.963. The Labute approximate surface area is 121 Å². The second kappa shape index (κ2) is 6.00. The fraction of sp³-hybridized carbons (Fsp3) is 0.143. The molecule has 0 spiro atoms. The van der Waals surface area contributed by atoms with Crippen LogP contribution in [0, 0.1) is 0 Å². The Hall–Kier alpha value is -2.96. The number of rotatable bonds is 5. The van der Waals surface area contributed by atoms with Gasteiger partial charge in [-0.2, -0.15) is 10.2 Å². The van der Waals surface area contributed by atoms with Gasteiger partial charge in [0.15, 0.2) is 0 Å². The minimum Gasteiger partial charge on any atom is -0.352 e. The van der Waals surface area contributed by atoms with Crippen LogP contribution in [-0.4, -0.2) is 37.4 Å². The van der Waals surface area contributed by atoms with Crippen LogP contribution >= 0.6 is 0 Å². The average molecular weight is 282 g/mol. The van der Waals surface area contributed by atoms with Gasteiger partial charge in [0.2, 0.25) is 0 Å². The maximum Gasteiger partial charge on any atom is 0.251 e. The van der Waals surface area contributed by atoms with Crippen molar-refractivity contribution >= 4 is 5.91 Å². The van der Waals surface area contributed by atoms with Crippen molar-refractivity contribution in [1.82, 2.24) is 30.3 Å². The van der Waals surface area contributed by atoms with Crippen molar-refractivity contribution in [2.45, 2.75) is 6.42 Å². The number of benzene rings is 1. The number of hydrogen-bond donors (Lipinski definition) is 2. The molecule has 0 saturated heterocycles. The van der Waals surface area contributed by atoms with Crippen LogP contribution in [0.4, 0.5) is 0 Å². The molecule has 0 aliphatic carbocycles. The number of H-pyrrole nitrogens is 1. The summed E-state index contributed by atoms with van der Waals surface area (Å²) in [4.78, 5) is 16.0. The van der Waals surface area contributed by atoms with Crippen molar-refractivity contribution in [3.05, 3.63) is 60.4 Å². The highest BCUT2D eigenvalue weighted by Crippen LogP contribution is 2.08. The summed E-state index contributed by atoms with van der Waals surface area (Å²) < 4.78 is 1.74. The fourth-order valence-electron chi connectivity index (χ4n) is 1.93. The standard InChI is InChI=1S/C14H14N6O/c21-14(15-8-6-13-16-10-17-19-13)11-2-4-12(5-3-11)20-9-1-7-18-20/h1-5,7,9-10H,6,8H2,(H,15,21)(H,16,17,19). The molecule has 0 bridgehead atoms. The summed E-state index contributed by atoms with van der Waals surface area (Å²) >= 11 is 0. The maximum absolute atomic E-state index is 12.0. The van der Waals surface area contributed by atoms with Gasteiger partial charge in [-0.1, -0.05) is 0 Å². The Morgan fingerprint density at radius 3 is 2.81 bits per heavy atom. The van der Waals surface area contributed by atoms with Crippen LogP contribution in [0.15, 0.2) is 49.1 Å². The van der Waals surface area contributed by atoms with Crippen molar-refractivity contribution in [3.63, 3.8) is 0 Å². The molecule has 2 aromatic heterocycles. The first-order valence-electron chi connectivity index (χ1n) is 6.55. The first kappa shape index (κ1) is 13.0. The molecule has 3 aromatic rings. The molecule has 0 fully saturated rings. The van der Waals surface area contributed by atoms with Crippen LogP contribution in [0.2, 0.25) is 0 Å². The highest BCUT2D eigenvalue weighted by Gasteiger charge is 2.06. The first-order valence-corrected chi connectivity index (χ1v) is 6.55. The first-order chi connectivity index (χ1) is 10.3. The molecule has 21 heavy (non-hydrogen) atoms. The lowest BCUT2D eigenvalue weighted by atomic mass is 10.2. The quantitative estimate of drug-likeness (QED) is 0.729. The van der Waals surface area contributed by atoms with Gasteiger partial charge in [-0.25, -0.2) is 9.67 Å². The summed E-state index contributed by atoms with van der Waals surface area (Å²) in [6, 6.07) is 9.13. The molecule has 2 heterocycles. The number of hydrogen-bond acceptors (Lipinski definition) is 4. The normalized spacial score (nSPS) is 10.5. The molecule has 0 saturated carbocycles. The second-order valence-corrected chi connectivity index (χ2v) is 4.44. The van der Waals surface area contributed by atoms with Gasteiger partial charge in [0, 0.05) is 30.9 Å². The van der Waals surface area contributed by atoms with Crippen molar-refractivity contribution in [1.29, 1.82) is 0 Å². The number of carbonyl (C=O) groups excluding carboxylic acids is 1. The van der Waals surface area contributed by atoms with Gasteiger partial charge in [-0.3, -0.25) is 9.89 Å². The van der Waals surface area contributed by atoms with E-state index < -0.39 is 0 Å². The second-order valence-electron chi connectivity index (χ2n) is 4.44. The van der Waals surface area contributed by atoms with Gasteiger partial charge >= 0.3 is 0 Å². The van der Waals surface area contributed by atoms with Crippen LogP contribution in [0.25, 0.3) is 5.69 Å². The SMILES string of the molecule is O=C(NCCc1ncn[nH]1)c1ccc(-n2cccn2)cc1. The summed E-state index contributed by atoms with van der Waals surface area (Å²) in [6.45, 7) is 0.509. The number of carbonyl (C=O) groups is 1. The summed E-state index contributed by atoms with van der Waals surface area (Å²) in [7, 11) is 0. The molecule has 7 heteroatoms. The van der Waals surface area contributed by atoms with Gasteiger partial charge in [0.05, 0.1) is 5.69 Å². The monoisotopic (exact) mass is 282 g/mol. The van der Waals surface area contributed by atoms with Crippen LogP contribution in [0.5, 0.6) is 0 Å². The Morgan fingerprint density at radius 2 is 2.14 bits per heavy atom. The number of amides is 1. The summed E-state index contributed by atoms with van der Waals surface area (Å²) in [5.41, 5.74) is 1.53. The topological polar surface area (TPSA) is 88.5 Å². The van der Waals surface area contributed by atoms with E-state index >= 15 is 0 Å². The van der Waals surface area contributed by atoms with Gasteiger partial charge in [0.25, 0.3) is 5.91 Å². The van der Waals surface area contributed by atoms with Crippen molar-refractivity contribution in [2.75, 3.05) is 6.54 Å². The Bertz CT molecular complexity index is 688. The predicted molar refractivity (Wildman–Crippen MR) is 76.0 cm³/mol. The molecule has 0 unspecified atom stereocenters. The molecule has 3 rings (SSSR count). The van der Waals surface area contributed by atoms with E-state index in [0.717, 1.165) is 11.5 Å². The Balaban J connectivity index is 1.57. The zero-order valence-electron chi connectivity index (χ0n) is 11.2. The third kappa shape index (κ3) is 3.14. The molecule has 1 amide bonds. The number of nitrogens with one attached hydrogen (secondary N) is 2. The summed E-state index contributed by atoms with van der Waals surface area (Å²) in [5.74, 6) is 0.644.